The van der Waals surface area contributed by atoms with E-state index in [-0.39, 0.29) is 18.3 Å². The van der Waals surface area contributed by atoms with Crippen molar-refractivity contribution < 1.29 is 22.7 Å². The van der Waals surface area contributed by atoms with Gasteiger partial charge in [0, 0.05) is 79.9 Å². The van der Waals surface area contributed by atoms with E-state index >= 15 is 0 Å². The molecule has 6 aromatic rings. The maximum absolute atomic E-state index is 13.5. The number of rotatable bonds is 16. The lowest BCUT2D eigenvalue weighted by atomic mass is 9.97. The Morgan fingerprint density at radius 3 is 2.16 bits per heavy atom. The molecule has 0 amide bonds. The third kappa shape index (κ3) is 9.42. The van der Waals surface area contributed by atoms with Crippen LogP contribution in [0.5, 0.6) is 5.75 Å². The summed E-state index contributed by atoms with van der Waals surface area (Å²) in [7, 11) is -2.22. The van der Waals surface area contributed by atoms with E-state index in [0.29, 0.717) is 42.3 Å². The van der Waals surface area contributed by atoms with Crippen molar-refractivity contribution in [2.24, 2.45) is 0 Å². The van der Waals surface area contributed by atoms with Crippen LogP contribution in [0.15, 0.2) is 128 Å². The summed E-state index contributed by atoms with van der Waals surface area (Å²) in [5.41, 5.74) is 5.67. The number of esters is 1. The van der Waals surface area contributed by atoms with Crippen molar-refractivity contribution in [3.05, 3.63) is 160 Å². The van der Waals surface area contributed by atoms with Gasteiger partial charge in [-0.25, -0.2) is 22.9 Å². The second-order valence-electron chi connectivity index (χ2n) is 13.8. The first-order chi connectivity index (χ1) is 27.3. The Kier molecular flexibility index (Phi) is 12.7. The van der Waals surface area contributed by atoms with Crippen molar-refractivity contribution in [3.63, 3.8) is 0 Å². The average molecular weight is 792 g/mol. The van der Waals surface area contributed by atoms with Gasteiger partial charge in [0.1, 0.15) is 11.6 Å². The molecule has 3 heterocycles. The SMILES string of the molecule is COC(=O)c1ccc(OCCc2c(CCNS(=O)(=O)CCN3CCN(c4ccccn4)CC3)n(C(c3ccccc3)c3ccccc3)c3ccc(Cl)cc23)cc1. The van der Waals surface area contributed by atoms with Crippen molar-refractivity contribution >= 4 is 44.3 Å². The maximum atomic E-state index is 13.5. The molecule has 10 nitrogen and oxygen atoms in total. The molecule has 0 spiro atoms. The minimum atomic E-state index is -3.57. The van der Waals surface area contributed by atoms with Crippen LogP contribution in [0, 0.1) is 0 Å². The van der Waals surface area contributed by atoms with E-state index in [4.69, 9.17) is 21.1 Å². The monoisotopic (exact) mass is 791 g/mol. The summed E-state index contributed by atoms with van der Waals surface area (Å²) in [6, 6.07) is 39.2. The number of ether oxygens (including phenoxy) is 2. The topological polar surface area (TPSA) is 106 Å². The van der Waals surface area contributed by atoms with Crippen LogP contribution in [0.4, 0.5) is 5.82 Å². The predicted molar refractivity (Wildman–Crippen MR) is 222 cm³/mol. The number of hydrogen-bond acceptors (Lipinski definition) is 8. The second-order valence-corrected chi connectivity index (χ2v) is 16.1. The molecular formula is C44H46ClN5O5S. The highest BCUT2D eigenvalue weighted by Gasteiger charge is 2.26. The first-order valence-corrected chi connectivity index (χ1v) is 20.9. The number of aromatic nitrogens is 2. The molecule has 1 aliphatic heterocycles. The predicted octanol–water partition coefficient (Wildman–Crippen LogP) is 7.02. The summed E-state index contributed by atoms with van der Waals surface area (Å²) in [5.74, 6) is 1.18. The summed E-state index contributed by atoms with van der Waals surface area (Å²) in [6.45, 7) is 4.17. The molecule has 56 heavy (non-hydrogen) atoms. The molecule has 0 radical (unpaired) electrons. The highest BCUT2D eigenvalue weighted by atomic mass is 35.5. The summed E-state index contributed by atoms with van der Waals surface area (Å²) in [6.07, 6.45) is 2.77. The number of anilines is 1. The highest BCUT2D eigenvalue weighted by molar-refractivity contribution is 7.89. The minimum absolute atomic E-state index is 0.0152. The standard InChI is InChI=1S/C44H46ClN5O5S/c1-54-44(51)35-15-18-37(19-16-35)55-30-22-38-39-32-36(45)17-20-40(39)50(43(33-10-4-2-5-11-33)34-12-6-3-7-13-34)41(38)21-24-47-56(52,53)31-29-48-25-27-49(28-26-48)42-14-8-9-23-46-42/h2-20,23,32,43,47H,21-22,24-31H2,1H3. The number of fused-ring (bicyclic) bond motifs is 1. The Morgan fingerprint density at radius 1 is 0.839 bits per heavy atom. The van der Waals surface area contributed by atoms with Crippen LogP contribution in [0.25, 0.3) is 10.9 Å². The first kappa shape index (κ1) is 39.1. The number of methoxy groups -OCH3 is 1. The number of carbonyl (C=O) groups is 1. The lowest BCUT2D eigenvalue weighted by Crippen LogP contribution is -2.48. The van der Waals surface area contributed by atoms with Crippen LogP contribution >= 0.6 is 11.6 Å². The van der Waals surface area contributed by atoms with E-state index in [9.17, 15) is 13.2 Å². The number of hydrogen-bond donors (Lipinski definition) is 1. The van der Waals surface area contributed by atoms with Gasteiger partial charge in [-0.3, -0.25) is 4.90 Å². The molecule has 0 aliphatic carbocycles. The molecule has 1 fully saturated rings. The zero-order valence-corrected chi connectivity index (χ0v) is 33.0. The van der Waals surface area contributed by atoms with Gasteiger partial charge in [-0.1, -0.05) is 78.3 Å². The van der Waals surface area contributed by atoms with Crippen molar-refractivity contribution in [1.29, 1.82) is 0 Å². The number of nitrogens with one attached hydrogen (secondary N) is 1. The summed E-state index contributed by atoms with van der Waals surface area (Å²) >= 11 is 6.67. The fourth-order valence-corrected chi connectivity index (χ4v) is 8.70. The molecule has 4 aromatic carbocycles. The van der Waals surface area contributed by atoms with Gasteiger partial charge in [-0.2, -0.15) is 0 Å². The van der Waals surface area contributed by atoms with Crippen LogP contribution in [-0.2, 0) is 27.6 Å². The number of sulfonamides is 1. The summed E-state index contributed by atoms with van der Waals surface area (Å²) < 4.78 is 43.3. The largest absolute Gasteiger partial charge is 0.493 e. The highest BCUT2D eigenvalue weighted by Crippen LogP contribution is 2.38. The molecule has 0 saturated carbocycles. The summed E-state index contributed by atoms with van der Waals surface area (Å²) in [4.78, 5) is 20.9. The fraction of sp³-hybridized carbons (Fsp3) is 0.273. The van der Waals surface area contributed by atoms with E-state index < -0.39 is 16.0 Å². The normalized spacial score (nSPS) is 13.7. The molecule has 0 unspecified atom stereocenters. The number of nitrogens with zero attached hydrogens (tertiary/aromatic N) is 4. The van der Waals surface area contributed by atoms with Gasteiger partial charge in [-0.15, -0.1) is 0 Å². The second kappa shape index (κ2) is 18.2. The Hall–Kier alpha value is -5.20. The van der Waals surface area contributed by atoms with Gasteiger partial charge in [-0.05, 0) is 71.3 Å². The molecular weight excluding hydrogens is 746 g/mol. The molecule has 7 rings (SSSR count). The van der Waals surface area contributed by atoms with Crippen LogP contribution in [0.3, 0.4) is 0 Å². The Labute approximate surface area is 333 Å². The molecule has 0 atom stereocenters. The molecule has 0 bridgehead atoms. The van der Waals surface area contributed by atoms with Crippen molar-refractivity contribution in [3.8, 4) is 5.75 Å². The smallest absolute Gasteiger partial charge is 0.337 e. The van der Waals surface area contributed by atoms with Crippen LogP contribution < -0.4 is 14.4 Å². The Balaban J connectivity index is 1.14. The van der Waals surface area contributed by atoms with Crippen LogP contribution in [-0.4, -0.2) is 87.6 Å². The van der Waals surface area contributed by atoms with E-state index in [2.05, 4.69) is 48.3 Å². The van der Waals surface area contributed by atoms with E-state index in [1.54, 1.807) is 30.5 Å². The summed E-state index contributed by atoms with van der Waals surface area (Å²) in [5, 5.41) is 1.60. The number of carbonyl (C=O) groups excluding carboxylic acids is 1. The van der Waals surface area contributed by atoms with Gasteiger partial charge in [0.15, 0.2) is 0 Å². The first-order valence-electron chi connectivity index (χ1n) is 18.9. The molecule has 2 aromatic heterocycles. The average Bonchev–Trinajstić information content (AvgIpc) is 3.52. The van der Waals surface area contributed by atoms with Gasteiger partial charge in [0.25, 0.3) is 0 Å². The molecule has 1 N–H and O–H groups in total. The minimum Gasteiger partial charge on any atom is -0.493 e. The third-order valence-electron chi connectivity index (χ3n) is 10.3. The van der Waals surface area contributed by atoms with E-state index in [1.165, 1.54) is 7.11 Å². The number of halogens is 1. The van der Waals surface area contributed by atoms with Crippen molar-refractivity contribution in [2.75, 3.05) is 63.6 Å². The van der Waals surface area contributed by atoms with Crippen molar-refractivity contribution in [1.82, 2.24) is 19.2 Å². The van der Waals surface area contributed by atoms with Gasteiger partial charge in [0.05, 0.1) is 31.1 Å². The van der Waals surface area contributed by atoms with Gasteiger partial charge < -0.3 is 18.9 Å². The zero-order chi connectivity index (χ0) is 38.9. The number of benzene rings is 4. The molecule has 1 saturated heterocycles. The van der Waals surface area contributed by atoms with Gasteiger partial charge in [0.2, 0.25) is 10.0 Å². The maximum Gasteiger partial charge on any atom is 0.337 e. The lowest BCUT2D eigenvalue weighted by molar-refractivity contribution is 0.0600. The number of piperazine rings is 1. The molecule has 290 valence electrons. The van der Waals surface area contributed by atoms with E-state index in [0.717, 1.165) is 65.3 Å². The third-order valence-corrected chi connectivity index (χ3v) is 11.9. The van der Waals surface area contributed by atoms with Crippen molar-refractivity contribution in [2.45, 2.75) is 18.9 Å². The van der Waals surface area contributed by atoms with E-state index in [1.807, 2.05) is 72.8 Å². The molecule has 1 aliphatic rings. The quantitative estimate of drug-likeness (QED) is 0.104. The molecule has 12 heteroatoms. The van der Waals surface area contributed by atoms with Gasteiger partial charge >= 0.3 is 5.97 Å². The lowest BCUT2D eigenvalue weighted by Gasteiger charge is -2.35. The zero-order valence-electron chi connectivity index (χ0n) is 31.4. The fourth-order valence-electron chi connectivity index (χ4n) is 7.48. The Morgan fingerprint density at radius 2 is 1.52 bits per heavy atom. The number of pyridine rings is 1. The van der Waals surface area contributed by atoms with Crippen LogP contribution in [0.2, 0.25) is 5.02 Å². The van der Waals surface area contributed by atoms with Crippen LogP contribution in [0.1, 0.15) is 38.8 Å². The Bertz CT molecular complexity index is 2280.